The van der Waals surface area contributed by atoms with Crippen LogP contribution in [-0.4, -0.2) is 42.5 Å². The van der Waals surface area contributed by atoms with E-state index in [1.807, 2.05) is 24.3 Å². The van der Waals surface area contributed by atoms with E-state index in [4.69, 9.17) is 9.47 Å². The van der Waals surface area contributed by atoms with E-state index in [0.29, 0.717) is 13.0 Å². The maximum Gasteiger partial charge on any atom is 0.303 e. The van der Waals surface area contributed by atoms with E-state index in [9.17, 15) is 9.90 Å². The van der Waals surface area contributed by atoms with Crippen LogP contribution < -0.4 is 10.1 Å². The molecule has 1 heterocycles. The zero-order chi connectivity index (χ0) is 18.8. The van der Waals surface area contributed by atoms with E-state index in [2.05, 4.69) is 12.2 Å². The predicted octanol–water partition coefficient (Wildman–Crippen LogP) is 3.23. The molecule has 1 fully saturated rings. The summed E-state index contributed by atoms with van der Waals surface area (Å²) in [5, 5.41) is 13.2. The summed E-state index contributed by atoms with van der Waals surface area (Å²) in [6.45, 7) is 4.81. The second-order valence-corrected chi connectivity index (χ2v) is 7.12. The summed E-state index contributed by atoms with van der Waals surface area (Å²) in [6, 6.07) is 7.97. The number of benzene rings is 1. The number of esters is 1. The summed E-state index contributed by atoms with van der Waals surface area (Å²) >= 11 is 0. The third-order valence-corrected chi connectivity index (χ3v) is 4.81. The van der Waals surface area contributed by atoms with Gasteiger partial charge in [0.15, 0.2) is 0 Å². The van der Waals surface area contributed by atoms with Crippen LogP contribution in [0.3, 0.4) is 0 Å². The molecule has 0 amide bonds. The van der Waals surface area contributed by atoms with Crippen molar-refractivity contribution in [1.29, 1.82) is 0 Å². The molecule has 0 radical (unpaired) electrons. The second kappa shape index (κ2) is 11.2. The third kappa shape index (κ3) is 6.96. The molecular weight excluding hydrogens is 330 g/mol. The zero-order valence-electron chi connectivity index (χ0n) is 16.1. The number of nitrogens with one attached hydrogen (secondary N) is 1. The average Bonchev–Trinajstić information content (AvgIpc) is 2.95. The molecular formula is C21H33NO4. The summed E-state index contributed by atoms with van der Waals surface area (Å²) in [5.74, 6) is 0.527. The van der Waals surface area contributed by atoms with E-state index < -0.39 is 12.2 Å². The minimum absolute atomic E-state index is 0.0659. The van der Waals surface area contributed by atoms with Gasteiger partial charge in [0, 0.05) is 13.5 Å². The van der Waals surface area contributed by atoms with Crippen LogP contribution in [0.25, 0.3) is 0 Å². The van der Waals surface area contributed by atoms with Gasteiger partial charge < -0.3 is 19.9 Å². The van der Waals surface area contributed by atoms with Gasteiger partial charge >= 0.3 is 5.97 Å². The van der Waals surface area contributed by atoms with Crippen molar-refractivity contribution >= 4 is 5.97 Å². The molecule has 0 spiro atoms. The number of hydrogen-bond acceptors (Lipinski definition) is 5. The van der Waals surface area contributed by atoms with Gasteiger partial charge in [0.2, 0.25) is 0 Å². The number of ether oxygens (including phenoxy) is 2. The lowest BCUT2D eigenvalue weighted by Crippen LogP contribution is -2.38. The molecule has 26 heavy (non-hydrogen) atoms. The van der Waals surface area contributed by atoms with Crippen molar-refractivity contribution in [3.05, 3.63) is 29.8 Å². The van der Waals surface area contributed by atoms with E-state index >= 15 is 0 Å². The van der Waals surface area contributed by atoms with Crippen molar-refractivity contribution in [2.75, 3.05) is 13.2 Å². The van der Waals surface area contributed by atoms with E-state index in [1.165, 1.54) is 39.0 Å². The minimum Gasteiger partial charge on any atom is -0.494 e. The van der Waals surface area contributed by atoms with Crippen LogP contribution in [0.2, 0.25) is 0 Å². The number of carbonyl (C=O) groups excluding carboxylic acids is 1. The molecule has 5 nitrogen and oxygen atoms in total. The Balaban J connectivity index is 1.72. The van der Waals surface area contributed by atoms with Gasteiger partial charge in [-0.3, -0.25) is 4.79 Å². The van der Waals surface area contributed by atoms with Crippen LogP contribution in [-0.2, 0) is 16.0 Å². The van der Waals surface area contributed by atoms with Crippen molar-refractivity contribution in [2.45, 2.75) is 77.0 Å². The molecule has 2 N–H and O–H groups in total. The molecule has 3 atom stereocenters. The van der Waals surface area contributed by atoms with E-state index in [0.717, 1.165) is 24.3 Å². The number of aliphatic hydroxyl groups is 1. The van der Waals surface area contributed by atoms with Gasteiger partial charge in [-0.05, 0) is 30.5 Å². The highest BCUT2D eigenvalue weighted by atomic mass is 16.6. The lowest BCUT2D eigenvalue weighted by molar-refractivity contribution is -0.151. The smallest absolute Gasteiger partial charge is 0.303 e. The third-order valence-electron chi connectivity index (χ3n) is 4.81. The highest BCUT2D eigenvalue weighted by molar-refractivity contribution is 5.66. The Morgan fingerprint density at radius 1 is 1.15 bits per heavy atom. The second-order valence-electron chi connectivity index (χ2n) is 7.12. The summed E-state index contributed by atoms with van der Waals surface area (Å²) in [4.78, 5) is 11.2. The number of rotatable bonds is 11. The van der Waals surface area contributed by atoms with Crippen LogP contribution in [0.4, 0.5) is 0 Å². The van der Waals surface area contributed by atoms with Gasteiger partial charge in [0.25, 0.3) is 0 Å². The van der Waals surface area contributed by atoms with Gasteiger partial charge in [-0.15, -0.1) is 0 Å². The minimum atomic E-state index is -0.649. The first kappa shape index (κ1) is 20.7. The van der Waals surface area contributed by atoms with Crippen molar-refractivity contribution in [3.63, 3.8) is 0 Å². The molecule has 0 aliphatic carbocycles. The molecule has 0 bridgehead atoms. The van der Waals surface area contributed by atoms with E-state index in [1.54, 1.807) is 0 Å². The molecule has 146 valence electrons. The van der Waals surface area contributed by atoms with Crippen molar-refractivity contribution in [3.8, 4) is 5.75 Å². The number of aliphatic hydroxyl groups excluding tert-OH is 1. The maximum absolute atomic E-state index is 11.2. The van der Waals surface area contributed by atoms with E-state index in [-0.39, 0.29) is 12.0 Å². The fraction of sp³-hybridized carbons (Fsp3) is 0.667. The molecule has 0 saturated carbocycles. The lowest BCUT2D eigenvalue weighted by atomic mass is 10.0. The monoisotopic (exact) mass is 363 g/mol. The average molecular weight is 363 g/mol. The molecule has 2 rings (SSSR count). The Kier molecular flexibility index (Phi) is 8.92. The summed E-state index contributed by atoms with van der Waals surface area (Å²) in [6.07, 6.45) is 7.11. The number of hydrogen-bond donors (Lipinski definition) is 2. The number of unbranched alkanes of at least 4 members (excludes halogenated alkanes) is 5. The molecule has 1 aromatic carbocycles. The quantitative estimate of drug-likeness (QED) is 0.467. The van der Waals surface area contributed by atoms with Crippen molar-refractivity contribution in [2.24, 2.45) is 0 Å². The summed E-state index contributed by atoms with van der Waals surface area (Å²) < 4.78 is 11.1. The molecule has 1 saturated heterocycles. The highest BCUT2D eigenvalue weighted by Gasteiger charge is 2.37. The summed E-state index contributed by atoms with van der Waals surface area (Å²) in [7, 11) is 0. The van der Waals surface area contributed by atoms with Gasteiger partial charge in [-0.25, -0.2) is 0 Å². The Morgan fingerprint density at radius 3 is 2.54 bits per heavy atom. The standard InChI is InChI=1S/C21H33NO4/c1-3-4-5-6-7-8-13-25-18-11-9-17(10-12-18)14-19-21(26-16(2)23)20(24)15-22-19/h9-12,19-22,24H,3-8,13-15H2,1-2H3. The maximum atomic E-state index is 11.2. The van der Waals surface area contributed by atoms with Gasteiger partial charge in [0.1, 0.15) is 18.0 Å². The van der Waals surface area contributed by atoms with Crippen LogP contribution in [0.5, 0.6) is 5.75 Å². The molecule has 1 aliphatic rings. The first-order valence-electron chi connectivity index (χ1n) is 9.90. The number of β-amino-alcohol motifs (C(OH)–C–C–N with tert-alkyl or cyclic N) is 1. The highest BCUT2D eigenvalue weighted by Crippen LogP contribution is 2.19. The van der Waals surface area contributed by atoms with Crippen molar-refractivity contribution in [1.82, 2.24) is 5.32 Å². The largest absolute Gasteiger partial charge is 0.494 e. The first-order valence-corrected chi connectivity index (χ1v) is 9.90. The van der Waals surface area contributed by atoms with Crippen molar-refractivity contribution < 1.29 is 19.4 Å². The fourth-order valence-corrected chi connectivity index (χ4v) is 3.36. The predicted molar refractivity (Wildman–Crippen MR) is 102 cm³/mol. The van der Waals surface area contributed by atoms with Crippen LogP contribution in [0.1, 0.15) is 57.9 Å². The lowest BCUT2D eigenvalue weighted by Gasteiger charge is -2.21. The van der Waals surface area contributed by atoms with Crippen LogP contribution in [0.15, 0.2) is 24.3 Å². The Labute approximate surface area is 157 Å². The topological polar surface area (TPSA) is 67.8 Å². The molecule has 1 aromatic rings. The molecule has 3 unspecified atom stereocenters. The van der Waals surface area contributed by atoms with Crippen LogP contribution in [0, 0.1) is 0 Å². The molecule has 0 aromatic heterocycles. The van der Waals surface area contributed by atoms with Gasteiger partial charge in [0.05, 0.1) is 12.6 Å². The summed E-state index contributed by atoms with van der Waals surface area (Å²) in [5.41, 5.74) is 1.13. The molecule has 5 heteroatoms. The Bertz CT molecular complexity index is 531. The SMILES string of the molecule is CCCCCCCCOc1ccc(CC2NCC(O)C2OC(C)=O)cc1. The Hall–Kier alpha value is -1.59. The zero-order valence-corrected chi connectivity index (χ0v) is 16.1. The normalized spacial score (nSPS) is 22.3. The van der Waals surface area contributed by atoms with Gasteiger partial charge in [-0.1, -0.05) is 51.2 Å². The Morgan fingerprint density at radius 2 is 1.85 bits per heavy atom. The van der Waals surface area contributed by atoms with Gasteiger partial charge in [-0.2, -0.15) is 0 Å². The van der Waals surface area contributed by atoms with Crippen LogP contribution >= 0.6 is 0 Å². The molecule has 1 aliphatic heterocycles. The number of carbonyl (C=O) groups is 1. The first-order chi connectivity index (χ1) is 12.6. The fourth-order valence-electron chi connectivity index (χ4n) is 3.36.